The summed E-state index contributed by atoms with van der Waals surface area (Å²) in [6, 6.07) is 0. The van der Waals surface area contributed by atoms with E-state index in [9.17, 15) is 28.8 Å². The van der Waals surface area contributed by atoms with Crippen LogP contribution in [-0.4, -0.2) is 89.3 Å². The summed E-state index contributed by atoms with van der Waals surface area (Å²) < 4.78 is 29.9. The minimum atomic E-state index is -1.46. The normalized spacial score (nSPS) is 23.6. The molecule has 0 spiro atoms. The largest absolute Gasteiger partial charge is 0.468 e. The van der Waals surface area contributed by atoms with Gasteiger partial charge in [-0.3, -0.25) is 19.2 Å². The monoisotopic (exact) mass is 582 g/mol. The molecule has 0 aromatic rings. The third-order valence-corrected chi connectivity index (χ3v) is 6.73. The summed E-state index contributed by atoms with van der Waals surface area (Å²) in [5.74, 6) is -3.70. The number of allylic oxidation sites excluding steroid dienone is 2. The standard InChI is InChI=1S/C27H38N2O12/c1-5-18-16-26(18,20(30)36-4)21(31)38-13-15-41-25(35)29-10-8-9-11-37-22(32)27(17-19(27)6-2)23(33)39-12-14-40-24(34)28-7-3/h5-6,18-19H,1-2,7-17H2,3-4H3,(H,28,34)(H,29,35). The van der Waals surface area contributed by atoms with Crippen LogP contribution >= 0.6 is 0 Å². The van der Waals surface area contributed by atoms with Crippen molar-refractivity contribution >= 4 is 36.1 Å². The number of unbranched alkanes of at least 4 members (excludes halogenated alkanes) is 1. The highest BCUT2D eigenvalue weighted by molar-refractivity contribution is 6.05. The van der Waals surface area contributed by atoms with Crippen molar-refractivity contribution in [2.45, 2.75) is 32.6 Å². The van der Waals surface area contributed by atoms with Gasteiger partial charge >= 0.3 is 36.1 Å². The Labute approximate surface area is 238 Å². The minimum Gasteiger partial charge on any atom is -0.468 e. The molecular formula is C27H38N2O12. The smallest absolute Gasteiger partial charge is 0.407 e. The number of amides is 2. The number of alkyl carbamates (subject to hydrolysis) is 2. The fourth-order valence-electron chi connectivity index (χ4n) is 4.19. The van der Waals surface area contributed by atoms with Crippen molar-refractivity contribution in [1.29, 1.82) is 0 Å². The quantitative estimate of drug-likeness (QED) is 0.0781. The van der Waals surface area contributed by atoms with Gasteiger partial charge in [0.15, 0.2) is 10.8 Å². The highest BCUT2D eigenvalue weighted by Crippen LogP contribution is 2.55. The number of rotatable bonds is 18. The van der Waals surface area contributed by atoms with Crippen LogP contribution in [0.5, 0.6) is 0 Å². The van der Waals surface area contributed by atoms with E-state index < -0.39 is 52.8 Å². The minimum absolute atomic E-state index is 0.0123. The molecule has 0 aromatic heterocycles. The van der Waals surface area contributed by atoms with Gasteiger partial charge in [-0.1, -0.05) is 12.2 Å². The summed E-state index contributed by atoms with van der Waals surface area (Å²) in [6.45, 7) is 8.76. The Kier molecular flexibility index (Phi) is 12.6. The maximum atomic E-state index is 12.6. The van der Waals surface area contributed by atoms with Crippen LogP contribution in [0.2, 0.25) is 0 Å². The van der Waals surface area contributed by atoms with E-state index in [1.807, 2.05) is 0 Å². The van der Waals surface area contributed by atoms with Gasteiger partial charge in [0.25, 0.3) is 0 Å². The summed E-state index contributed by atoms with van der Waals surface area (Å²) in [4.78, 5) is 72.5. The van der Waals surface area contributed by atoms with E-state index in [0.29, 0.717) is 19.4 Å². The molecule has 0 aliphatic heterocycles. The zero-order valence-electron chi connectivity index (χ0n) is 23.4. The van der Waals surface area contributed by atoms with Crippen molar-refractivity contribution in [1.82, 2.24) is 10.6 Å². The van der Waals surface area contributed by atoms with Crippen molar-refractivity contribution in [3.63, 3.8) is 0 Å². The molecule has 2 rings (SSSR count). The first-order valence-corrected chi connectivity index (χ1v) is 13.3. The molecule has 4 atom stereocenters. The predicted octanol–water partition coefficient (Wildman–Crippen LogP) is 1.43. The molecule has 41 heavy (non-hydrogen) atoms. The lowest BCUT2D eigenvalue weighted by Gasteiger charge is -2.15. The number of hydrogen-bond donors (Lipinski definition) is 2. The van der Waals surface area contributed by atoms with Gasteiger partial charge in [-0.25, -0.2) is 9.59 Å². The first kappa shape index (κ1) is 33.1. The molecule has 0 saturated heterocycles. The van der Waals surface area contributed by atoms with Gasteiger partial charge in [0.2, 0.25) is 0 Å². The second kappa shape index (κ2) is 15.6. The van der Waals surface area contributed by atoms with Crippen molar-refractivity contribution in [3.8, 4) is 0 Å². The van der Waals surface area contributed by atoms with Crippen LogP contribution < -0.4 is 10.6 Å². The summed E-state index contributed by atoms with van der Waals surface area (Å²) in [5.41, 5.74) is -2.84. The summed E-state index contributed by atoms with van der Waals surface area (Å²) in [5, 5.41) is 4.94. The Morgan fingerprint density at radius 3 is 1.56 bits per heavy atom. The SMILES string of the molecule is C=CC1CC1(C(=O)OC)C(=O)OCCOC(=O)NCCCCOC(=O)C1(C(=O)OCCOC(=O)NCC)CC1C=C. The van der Waals surface area contributed by atoms with E-state index in [2.05, 4.69) is 28.5 Å². The molecule has 0 heterocycles. The van der Waals surface area contributed by atoms with Crippen molar-refractivity contribution in [3.05, 3.63) is 25.3 Å². The molecule has 2 fully saturated rings. The number of nitrogens with one attached hydrogen (secondary N) is 2. The van der Waals surface area contributed by atoms with E-state index in [1.54, 1.807) is 6.92 Å². The molecule has 0 aromatic carbocycles. The number of carbonyl (C=O) groups is 6. The number of hydrogen-bond acceptors (Lipinski definition) is 12. The highest BCUT2D eigenvalue weighted by atomic mass is 16.6. The van der Waals surface area contributed by atoms with Gasteiger partial charge in [-0.2, -0.15) is 0 Å². The van der Waals surface area contributed by atoms with E-state index in [4.69, 9.17) is 23.7 Å². The van der Waals surface area contributed by atoms with E-state index in [0.717, 1.165) is 0 Å². The van der Waals surface area contributed by atoms with Crippen molar-refractivity contribution in [2.75, 3.05) is 53.2 Å². The van der Waals surface area contributed by atoms with Crippen LogP contribution in [-0.2, 0) is 47.6 Å². The van der Waals surface area contributed by atoms with Crippen LogP contribution in [0.25, 0.3) is 0 Å². The van der Waals surface area contributed by atoms with Gasteiger partial charge in [0, 0.05) is 24.9 Å². The molecule has 228 valence electrons. The molecular weight excluding hydrogens is 544 g/mol. The fourth-order valence-corrected chi connectivity index (χ4v) is 4.19. The van der Waals surface area contributed by atoms with Crippen molar-refractivity contribution in [2.24, 2.45) is 22.7 Å². The van der Waals surface area contributed by atoms with Crippen molar-refractivity contribution < 1.29 is 57.2 Å². The van der Waals surface area contributed by atoms with Gasteiger partial charge in [0.1, 0.15) is 26.4 Å². The fraction of sp³-hybridized carbons (Fsp3) is 0.630. The molecule has 0 radical (unpaired) electrons. The molecule has 2 aliphatic rings. The van der Waals surface area contributed by atoms with E-state index in [1.165, 1.54) is 19.3 Å². The first-order chi connectivity index (χ1) is 19.6. The Morgan fingerprint density at radius 2 is 1.12 bits per heavy atom. The molecule has 0 bridgehead atoms. The lowest BCUT2D eigenvalue weighted by Crippen LogP contribution is -2.33. The lowest BCUT2D eigenvalue weighted by molar-refractivity contribution is -0.166. The van der Waals surface area contributed by atoms with Crippen LogP contribution in [0.15, 0.2) is 25.3 Å². The maximum Gasteiger partial charge on any atom is 0.407 e. The van der Waals surface area contributed by atoms with Gasteiger partial charge in [0.05, 0.1) is 13.7 Å². The third kappa shape index (κ3) is 8.44. The molecule has 2 saturated carbocycles. The molecule has 2 N–H and O–H groups in total. The molecule has 14 heteroatoms. The second-order valence-corrected chi connectivity index (χ2v) is 9.37. The zero-order chi connectivity index (χ0) is 30.5. The lowest BCUT2D eigenvalue weighted by atomic mass is 10.0. The number of esters is 4. The Balaban J connectivity index is 1.58. The topological polar surface area (TPSA) is 182 Å². The van der Waals surface area contributed by atoms with Gasteiger partial charge in [-0.15, -0.1) is 13.2 Å². The Bertz CT molecular complexity index is 1010. The molecule has 4 unspecified atom stereocenters. The molecule has 2 aliphatic carbocycles. The zero-order valence-corrected chi connectivity index (χ0v) is 23.4. The first-order valence-electron chi connectivity index (χ1n) is 13.3. The van der Waals surface area contributed by atoms with E-state index in [-0.39, 0.29) is 58.3 Å². The Hall–Kier alpha value is -4.10. The van der Waals surface area contributed by atoms with Crippen LogP contribution in [0.4, 0.5) is 9.59 Å². The van der Waals surface area contributed by atoms with Gasteiger partial charge < -0.3 is 39.1 Å². The van der Waals surface area contributed by atoms with Crippen LogP contribution in [0.1, 0.15) is 32.6 Å². The third-order valence-electron chi connectivity index (χ3n) is 6.73. The van der Waals surface area contributed by atoms with Gasteiger partial charge in [-0.05, 0) is 32.6 Å². The van der Waals surface area contributed by atoms with Crippen LogP contribution in [0, 0.1) is 22.7 Å². The maximum absolute atomic E-state index is 12.6. The predicted molar refractivity (Wildman–Crippen MR) is 140 cm³/mol. The number of ether oxygens (including phenoxy) is 6. The van der Waals surface area contributed by atoms with E-state index >= 15 is 0 Å². The summed E-state index contributed by atoms with van der Waals surface area (Å²) >= 11 is 0. The molecule has 2 amide bonds. The average Bonchev–Trinajstić information content (AvgIpc) is 3.88. The second-order valence-electron chi connectivity index (χ2n) is 9.37. The summed E-state index contributed by atoms with van der Waals surface area (Å²) in [6.07, 6.45) is 2.93. The highest BCUT2D eigenvalue weighted by Gasteiger charge is 2.67. The Morgan fingerprint density at radius 1 is 0.683 bits per heavy atom. The number of methoxy groups -OCH3 is 1. The molecule has 14 nitrogen and oxygen atoms in total. The number of carbonyl (C=O) groups excluding carboxylic acids is 6. The average molecular weight is 583 g/mol. The summed E-state index contributed by atoms with van der Waals surface area (Å²) in [7, 11) is 1.18. The van der Waals surface area contributed by atoms with Crippen LogP contribution in [0.3, 0.4) is 0 Å².